The van der Waals surface area contributed by atoms with E-state index in [-0.39, 0.29) is 31.0 Å². The number of carbonyl (C=O) groups excluding carboxylic acids is 3. The average Bonchev–Trinajstić information content (AvgIpc) is 2.81. The van der Waals surface area contributed by atoms with E-state index in [1.54, 1.807) is 20.8 Å². The second kappa shape index (κ2) is 10.2. The van der Waals surface area contributed by atoms with Crippen molar-refractivity contribution in [2.45, 2.75) is 130 Å². The van der Waals surface area contributed by atoms with Gasteiger partial charge in [0, 0.05) is 12.8 Å². The van der Waals surface area contributed by atoms with Crippen molar-refractivity contribution >= 4 is 23.7 Å². The van der Waals surface area contributed by atoms with Crippen molar-refractivity contribution in [3.8, 4) is 0 Å². The molecule has 5 aliphatic rings. The summed E-state index contributed by atoms with van der Waals surface area (Å²) in [7, 11) is 0. The van der Waals surface area contributed by atoms with Crippen LogP contribution in [0.1, 0.15) is 119 Å². The molecule has 3 atom stereocenters. The van der Waals surface area contributed by atoms with E-state index in [0.29, 0.717) is 37.5 Å². The van der Waals surface area contributed by atoms with Gasteiger partial charge in [0.15, 0.2) is 0 Å². The maximum Gasteiger partial charge on any atom is 0.312 e. The molecule has 0 radical (unpaired) electrons. The Labute approximate surface area is 227 Å². The van der Waals surface area contributed by atoms with E-state index in [1.165, 1.54) is 6.42 Å². The summed E-state index contributed by atoms with van der Waals surface area (Å²) in [5, 5.41) is 9.89. The van der Waals surface area contributed by atoms with Crippen molar-refractivity contribution in [2.75, 3.05) is 0 Å². The van der Waals surface area contributed by atoms with Gasteiger partial charge in [0.25, 0.3) is 0 Å². The van der Waals surface area contributed by atoms with Gasteiger partial charge in [-0.05, 0) is 122 Å². The molecular formula is C31H48O7. The summed E-state index contributed by atoms with van der Waals surface area (Å²) in [5.74, 6) is 0.521. The molecule has 0 saturated heterocycles. The molecule has 4 bridgehead atoms. The lowest BCUT2D eigenvalue weighted by Crippen LogP contribution is -2.59. The fourth-order valence-corrected chi connectivity index (χ4v) is 8.45. The fraction of sp³-hybridized carbons (Fsp3) is 0.871. The molecule has 3 unspecified atom stereocenters. The summed E-state index contributed by atoms with van der Waals surface area (Å²) in [6.07, 6.45) is 7.90. The first kappa shape index (κ1) is 29.1. The van der Waals surface area contributed by atoms with E-state index in [9.17, 15) is 24.3 Å². The normalized spacial score (nSPS) is 35.7. The summed E-state index contributed by atoms with van der Waals surface area (Å²) in [6.45, 7) is 10.8. The number of aliphatic carboxylic acids is 1. The summed E-state index contributed by atoms with van der Waals surface area (Å²) in [4.78, 5) is 51.8. The van der Waals surface area contributed by atoms with Crippen molar-refractivity contribution in [2.24, 2.45) is 39.9 Å². The third-order valence-electron chi connectivity index (χ3n) is 10.7. The number of hydrogen-bond acceptors (Lipinski definition) is 6. The molecule has 0 aromatic heterocycles. The summed E-state index contributed by atoms with van der Waals surface area (Å²) >= 11 is 0. The number of esters is 2. The minimum absolute atomic E-state index is 0.0174. The molecule has 0 spiro atoms. The van der Waals surface area contributed by atoms with Gasteiger partial charge in [0.1, 0.15) is 17.5 Å². The molecule has 1 N–H and O–H groups in total. The zero-order chi connectivity index (χ0) is 28.1. The maximum atomic E-state index is 14.0. The smallest absolute Gasteiger partial charge is 0.312 e. The zero-order valence-corrected chi connectivity index (χ0v) is 24.3. The van der Waals surface area contributed by atoms with Crippen LogP contribution in [0.3, 0.4) is 0 Å². The summed E-state index contributed by atoms with van der Waals surface area (Å²) in [5.41, 5.74) is -3.91. The monoisotopic (exact) mass is 532 g/mol. The van der Waals surface area contributed by atoms with Crippen molar-refractivity contribution in [1.82, 2.24) is 0 Å². The molecule has 5 aliphatic carbocycles. The van der Waals surface area contributed by atoms with E-state index in [1.807, 2.05) is 13.8 Å². The second-order valence-electron chi connectivity index (χ2n) is 14.6. The highest BCUT2D eigenvalue weighted by Gasteiger charge is 2.58. The Kier molecular flexibility index (Phi) is 7.83. The van der Waals surface area contributed by atoms with Crippen molar-refractivity contribution in [3.63, 3.8) is 0 Å². The Bertz CT molecular complexity index is 939. The zero-order valence-electron chi connectivity index (χ0n) is 24.3. The number of carboxylic acid groups (broad SMARTS) is 1. The second-order valence-corrected chi connectivity index (χ2v) is 14.6. The summed E-state index contributed by atoms with van der Waals surface area (Å²) in [6, 6.07) is 0. The van der Waals surface area contributed by atoms with E-state index in [2.05, 4.69) is 6.92 Å². The number of carbonyl (C=O) groups is 4. The van der Waals surface area contributed by atoms with Crippen LogP contribution >= 0.6 is 0 Å². The minimum atomic E-state index is -1.24. The van der Waals surface area contributed by atoms with E-state index < -0.39 is 39.9 Å². The Morgan fingerprint density at radius 1 is 0.921 bits per heavy atom. The van der Waals surface area contributed by atoms with Crippen LogP contribution in [0.25, 0.3) is 0 Å². The lowest BCUT2D eigenvalue weighted by Gasteiger charge is -2.59. The van der Waals surface area contributed by atoms with Gasteiger partial charge in [-0.15, -0.1) is 0 Å². The van der Waals surface area contributed by atoms with Crippen LogP contribution < -0.4 is 0 Å². The van der Waals surface area contributed by atoms with Crippen LogP contribution in [0, 0.1) is 39.9 Å². The Balaban J connectivity index is 1.56. The third kappa shape index (κ3) is 5.54. The highest BCUT2D eigenvalue weighted by Crippen LogP contribution is 2.60. The van der Waals surface area contributed by atoms with Crippen molar-refractivity contribution in [1.29, 1.82) is 0 Å². The number of carboxylic acids is 1. The van der Waals surface area contributed by atoms with Crippen LogP contribution in [-0.2, 0) is 28.7 Å². The van der Waals surface area contributed by atoms with Gasteiger partial charge in [-0.1, -0.05) is 6.92 Å². The van der Waals surface area contributed by atoms with Crippen LogP contribution in [0.5, 0.6) is 0 Å². The van der Waals surface area contributed by atoms with Crippen molar-refractivity contribution < 1.29 is 33.8 Å². The molecule has 214 valence electrons. The molecule has 0 aliphatic heterocycles. The molecule has 5 saturated carbocycles. The van der Waals surface area contributed by atoms with Gasteiger partial charge < -0.3 is 14.6 Å². The largest absolute Gasteiger partial charge is 0.481 e. The molecular weight excluding hydrogens is 484 g/mol. The van der Waals surface area contributed by atoms with Crippen LogP contribution in [0.4, 0.5) is 0 Å². The van der Waals surface area contributed by atoms with E-state index in [0.717, 1.165) is 37.5 Å². The van der Waals surface area contributed by atoms with Gasteiger partial charge in [-0.25, -0.2) is 0 Å². The van der Waals surface area contributed by atoms with Gasteiger partial charge in [0.05, 0.1) is 16.2 Å². The first-order chi connectivity index (χ1) is 17.6. The van der Waals surface area contributed by atoms with Crippen molar-refractivity contribution in [3.05, 3.63) is 0 Å². The predicted octanol–water partition coefficient (Wildman–Crippen LogP) is 6.11. The standard InChI is InChI=1S/C31H48O7/c1-7-29(4,27(36)38-31(6)21-12-19-11-20(14-21)15-22(31)13-19)18-30(5,17-28(2,3)25(33)34)26(35)37-24-10-8-9-23(32)16-24/h19-22,24H,7-18H2,1-6H3,(H,33,34). The number of Topliss-reactive ketones (excluding diaryl/α,β-unsaturated/α-hetero) is 1. The summed E-state index contributed by atoms with van der Waals surface area (Å²) < 4.78 is 12.4. The molecule has 5 fully saturated rings. The SMILES string of the molecule is CCC(C)(CC(C)(CC(C)(C)C(=O)O)C(=O)OC1CCCC(=O)C1)C(=O)OC1(C)C2CC3CC(C2)CC1C3. The van der Waals surface area contributed by atoms with E-state index in [4.69, 9.17) is 9.47 Å². The first-order valence-corrected chi connectivity index (χ1v) is 14.8. The number of rotatable bonds is 10. The fourth-order valence-electron chi connectivity index (χ4n) is 8.45. The molecule has 0 aromatic rings. The maximum absolute atomic E-state index is 14.0. The molecule has 7 nitrogen and oxygen atoms in total. The third-order valence-corrected chi connectivity index (χ3v) is 10.7. The molecule has 5 rings (SSSR count). The number of ether oxygens (including phenoxy) is 2. The lowest BCUT2D eigenvalue weighted by molar-refractivity contribution is -0.214. The van der Waals surface area contributed by atoms with Gasteiger partial charge >= 0.3 is 17.9 Å². The highest BCUT2D eigenvalue weighted by atomic mass is 16.6. The van der Waals surface area contributed by atoms with Gasteiger partial charge in [-0.3, -0.25) is 19.2 Å². The van der Waals surface area contributed by atoms with E-state index >= 15 is 0 Å². The van der Waals surface area contributed by atoms with Crippen LogP contribution in [0.2, 0.25) is 0 Å². The highest BCUT2D eigenvalue weighted by molar-refractivity contribution is 5.83. The topological polar surface area (TPSA) is 107 Å². The number of ketones is 1. The quantitative estimate of drug-likeness (QED) is 0.338. The lowest BCUT2D eigenvalue weighted by atomic mass is 9.50. The predicted molar refractivity (Wildman–Crippen MR) is 142 cm³/mol. The van der Waals surface area contributed by atoms with Crippen LogP contribution in [-0.4, -0.2) is 40.5 Å². The first-order valence-electron chi connectivity index (χ1n) is 14.8. The molecule has 38 heavy (non-hydrogen) atoms. The Morgan fingerprint density at radius 2 is 1.50 bits per heavy atom. The number of hydrogen-bond donors (Lipinski definition) is 1. The minimum Gasteiger partial charge on any atom is -0.481 e. The molecule has 7 heteroatoms. The Morgan fingerprint density at radius 3 is 2.00 bits per heavy atom. The van der Waals surface area contributed by atoms with Gasteiger partial charge in [0.2, 0.25) is 0 Å². The Hall–Kier alpha value is -1.92. The molecule has 0 heterocycles. The van der Waals surface area contributed by atoms with Gasteiger partial charge in [-0.2, -0.15) is 0 Å². The molecule has 0 aromatic carbocycles. The van der Waals surface area contributed by atoms with Crippen LogP contribution in [0.15, 0.2) is 0 Å². The molecule has 0 amide bonds. The average molecular weight is 533 g/mol.